The molecule has 10 heteroatoms. The highest BCUT2D eigenvalue weighted by Crippen LogP contribution is 2.34. The fourth-order valence-corrected chi connectivity index (χ4v) is 4.86. The molecule has 4 rings (SSSR count). The monoisotopic (exact) mass is 478 g/mol. The predicted octanol–water partition coefficient (Wildman–Crippen LogP) is 3.83. The summed E-state index contributed by atoms with van der Waals surface area (Å²) in [5.41, 5.74) is 0.613. The van der Waals surface area contributed by atoms with Crippen molar-refractivity contribution in [3.63, 3.8) is 0 Å². The highest BCUT2D eigenvalue weighted by atomic mass is 35.5. The number of anilines is 1. The maximum atomic E-state index is 14.1. The molecule has 7 nitrogen and oxygen atoms in total. The number of likely N-dealkylation sites (tertiary alicyclic amines) is 1. The molecule has 1 aromatic heterocycles. The number of nitrogens with zero attached hydrogens (tertiary/aromatic N) is 4. The topological polar surface area (TPSA) is 77.0 Å². The summed E-state index contributed by atoms with van der Waals surface area (Å²) in [6.07, 6.45) is 1.31. The number of hydrogen-bond donors (Lipinski definition) is 1. The van der Waals surface area contributed by atoms with Gasteiger partial charge < -0.3 is 19.8 Å². The van der Waals surface area contributed by atoms with Crippen LogP contribution in [0.25, 0.3) is 0 Å². The highest BCUT2D eigenvalue weighted by molar-refractivity contribution is 6.30. The van der Waals surface area contributed by atoms with E-state index >= 15 is 0 Å². The zero-order chi connectivity index (χ0) is 23.7. The van der Waals surface area contributed by atoms with Crippen molar-refractivity contribution in [2.24, 2.45) is 5.92 Å². The Morgan fingerprint density at radius 2 is 1.88 bits per heavy atom. The fraction of sp³-hybridized carbons (Fsp3) is 0.435. The van der Waals surface area contributed by atoms with E-state index in [4.69, 9.17) is 11.6 Å². The van der Waals surface area contributed by atoms with E-state index in [0.717, 1.165) is 0 Å². The summed E-state index contributed by atoms with van der Waals surface area (Å²) in [4.78, 5) is 34.0. The van der Waals surface area contributed by atoms with E-state index in [0.29, 0.717) is 43.9 Å². The van der Waals surface area contributed by atoms with Crippen LogP contribution in [0.3, 0.4) is 0 Å². The molecule has 2 amide bonds. The number of halogens is 3. The van der Waals surface area contributed by atoms with Crippen molar-refractivity contribution in [2.75, 3.05) is 38.1 Å². The van der Waals surface area contributed by atoms with Gasteiger partial charge in [-0.2, -0.15) is 0 Å². The van der Waals surface area contributed by atoms with Crippen LogP contribution in [-0.2, 0) is 4.79 Å². The summed E-state index contributed by atoms with van der Waals surface area (Å²) in [6.45, 7) is 1.79. The van der Waals surface area contributed by atoms with E-state index in [1.165, 1.54) is 36.3 Å². The first kappa shape index (κ1) is 23.2. The van der Waals surface area contributed by atoms with Gasteiger partial charge in [-0.05, 0) is 42.7 Å². The molecule has 2 saturated heterocycles. The number of hydrogen-bond acceptors (Lipinski definition) is 4. The molecule has 2 aliphatic heterocycles. The Kier molecular flexibility index (Phi) is 6.69. The Hall–Kier alpha value is -2.94. The van der Waals surface area contributed by atoms with Crippen LogP contribution in [-0.4, -0.2) is 71.2 Å². The van der Waals surface area contributed by atoms with Crippen molar-refractivity contribution in [3.8, 4) is 0 Å². The van der Waals surface area contributed by atoms with Gasteiger partial charge in [0.05, 0.1) is 17.3 Å². The lowest BCUT2D eigenvalue weighted by Crippen LogP contribution is -2.44. The first-order chi connectivity index (χ1) is 15.7. The van der Waals surface area contributed by atoms with E-state index in [1.54, 1.807) is 17.0 Å². The zero-order valence-corrected chi connectivity index (χ0v) is 18.9. The minimum atomic E-state index is -1.10. The molecule has 2 fully saturated rings. The summed E-state index contributed by atoms with van der Waals surface area (Å²) in [7, 11) is 1.47. The van der Waals surface area contributed by atoms with Crippen molar-refractivity contribution < 1.29 is 23.5 Å². The van der Waals surface area contributed by atoms with Gasteiger partial charge in [0.25, 0.3) is 0 Å². The van der Waals surface area contributed by atoms with Gasteiger partial charge in [-0.25, -0.2) is 18.6 Å². The van der Waals surface area contributed by atoms with Gasteiger partial charge in [0.2, 0.25) is 5.91 Å². The minimum absolute atomic E-state index is 0.00442. The van der Waals surface area contributed by atoms with E-state index < -0.39 is 23.8 Å². The molecule has 0 radical (unpaired) electrons. The van der Waals surface area contributed by atoms with Crippen LogP contribution in [0.1, 0.15) is 24.3 Å². The third kappa shape index (κ3) is 4.88. The van der Waals surface area contributed by atoms with Gasteiger partial charge in [0.1, 0.15) is 17.5 Å². The van der Waals surface area contributed by atoms with Crippen LogP contribution in [0.2, 0.25) is 5.02 Å². The number of likely N-dealkylation sites (N-methyl/N-ethyl adjacent to an activating group) is 1. The van der Waals surface area contributed by atoms with Gasteiger partial charge in [-0.3, -0.25) is 4.79 Å². The number of benzene rings is 1. The van der Waals surface area contributed by atoms with Gasteiger partial charge in [-0.1, -0.05) is 17.7 Å². The lowest BCUT2D eigenvalue weighted by Gasteiger charge is -2.34. The number of rotatable bonds is 4. The summed E-state index contributed by atoms with van der Waals surface area (Å²) < 4.78 is 27.2. The van der Waals surface area contributed by atoms with Crippen LogP contribution in [0.5, 0.6) is 0 Å². The Morgan fingerprint density at radius 3 is 2.48 bits per heavy atom. The molecule has 0 unspecified atom stereocenters. The highest BCUT2D eigenvalue weighted by Gasteiger charge is 2.42. The van der Waals surface area contributed by atoms with E-state index in [1.807, 2.05) is 4.90 Å². The van der Waals surface area contributed by atoms with E-state index in [-0.39, 0.29) is 29.3 Å². The van der Waals surface area contributed by atoms with Gasteiger partial charge >= 0.3 is 6.09 Å². The number of amides is 2. The Bertz CT molecular complexity index is 1030. The second-order valence-electron chi connectivity index (χ2n) is 8.58. The third-order valence-corrected chi connectivity index (χ3v) is 6.96. The average molecular weight is 479 g/mol. The van der Waals surface area contributed by atoms with E-state index in [9.17, 15) is 23.5 Å². The number of carboxylic acid groups (broad SMARTS) is 1. The lowest BCUT2D eigenvalue weighted by molar-refractivity contribution is -0.135. The van der Waals surface area contributed by atoms with Crippen molar-refractivity contribution in [1.29, 1.82) is 0 Å². The van der Waals surface area contributed by atoms with Crippen LogP contribution >= 0.6 is 11.6 Å². The zero-order valence-electron chi connectivity index (χ0n) is 18.1. The van der Waals surface area contributed by atoms with Crippen LogP contribution in [0.15, 0.2) is 36.5 Å². The normalized spacial score (nSPS) is 21.3. The van der Waals surface area contributed by atoms with Crippen molar-refractivity contribution in [3.05, 3.63) is 58.7 Å². The molecular weight excluding hydrogens is 454 g/mol. The van der Waals surface area contributed by atoms with E-state index in [2.05, 4.69) is 4.98 Å². The maximum absolute atomic E-state index is 14.1. The maximum Gasteiger partial charge on any atom is 0.407 e. The summed E-state index contributed by atoms with van der Waals surface area (Å²) in [5.74, 6) is -0.867. The molecular formula is C23H25ClF2N4O3. The first-order valence-corrected chi connectivity index (χ1v) is 11.2. The molecule has 1 N–H and O–H groups in total. The summed E-state index contributed by atoms with van der Waals surface area (Å²) >= 11 is 5.81. The van der Waals surface area contributed by atoms with Gasteiger partial charge in [-0.15, -0.1) is 0 Å². The predicted molar refractivity (Wildman–Crippen MR) is 119 cm³/mol. The Morgan fingerprint density at radius 1 is 1.15 bits per heavy atom. The molecule has 1 aromatic carbocycles. The second kappa shape index (κ2) is 9.51. The SMILES string of the molecule is CN(C(=O)O)[C@@H]1CN(C(=O)C2CCN(c3ccc(F)cn3)CC2)C[C@H]1c1ccc(Cl)c(F)c1. The van der Waals surface area contributed by atoms with Gasteiger partial charge in [0, 0.05) is 45.1 Å². The van der Waals surface area contributed by atoms with Crippen molar-refractivity contribution in [1.82, 2.24) is 14.8 Å². The number of carbonyl (C=O) groups excluding carboxylic acids is 1. The Balaban J connectivity index is 1.46. The molecule has 176 valence electrons. The smallest absolute Gasteiger partial charge is 0.407 e. The second-order valence-corrected chi connectivity index (χ2v) is 8.99. The molecule has 0 spiro atoms. The lowest BCUT2D eigenvalue weighted by atomic mass is 9.93. The minimum Gasteiger partial charge on any atom is -0.465 e. The number of aromatic nitrogens is 1. The molecule has 2 aliphatic rings. The standard InChI is InChI=1S/C23H25ClF2N4O3/c1-28(23(32)33)20-13-30(12-17(20)15-2-4-18(24)19(26)10-15)22(31)14-6-8-29(9-7-14)21-5-3-16(25)11-27-21/h2-5,10-11,14,17,20H,6-9,12-13H2,1H3,(H,32,33)/t17-,20+/m0/s1. The van der Waals surface area contributed by atoms with Crippen molar-refractivity contribution >= 4 is 29.4 Å². The molecule has 2 atom stereocenters. The number of pyridine rings is 1. The molecule has 33 heavy (non-hydrogen) atoms. The summed E-state index contributed by atoms with van der Waals surface area (Å²) in [5, 5.41) is 9.52. The fourth-order valence-electron chi connectivity index (χ4n) is 4.74. The van der Waals surface area contributed by atoms with Gasteiger partial charge in [0.15, 0.2) is 0 Å². The molecule has 0 saturated carbocycles. The Labute approximate surface area is 195 Å². The van der Waals surface area contributed by atoms with Crippen LogP contribution < -0.4 is 4.90 Å². The van der Waals surface area contributed by atoms with Crippen LogP contribution in [0.4, 0.5) is 19.4 Å². The van der Waals surface area contributed by atoms with Crippen LogP contribution in [0, 0.1) is 17.6 Å². The average Bonchev–Trinajstić information content (AvgIpc) is 3.26. The molecule has 0 aliphatic carbocycles. The molecule has 0 bridgehead atoms. The number of piperidine rings is 1. The quantitative estimate of drug-likeness (QED) is 0.722. The first-order valence-electron chi connectivity index (χ1n) is 10.8. The summed E-state index contributed by atoms with van der Waals surface area (Å²) in [6, 6.07) is 6.95. The molecule has 3 heterocycles. The van der Waals surface area contributed by atoms with Crippen molar-refractivity contribution in [2.45, 2.75) is 24.8 Å². The largest absolute Gasteiger partial charge is 0.465 e. The third-order valence-electron chi connectivity index (χ3n) is 6.65. The molecule has 2 aromatic rings. The number of carbonyl (C=O) groups is 2.